The molecule has 1 aliphatic rings. The molecule has 1 atom stereocenters. The summed E-state index contributed by atoms with van der Waals surface area (Å²) in [6.07, 6.45) is 8.09. The molecule has 3 rings (SSSR count). The number of carbonyl (C=O) groups is 1. The fraction of sp³-hybridized carbons (Fsp3) is 0.528. The normalized spacial score (nSPS) is 13.9. The molecule has 0 aromatic heterocycles. The van der Waals surface area contributed by atoms with Crippen molar-refractivity contribution >= 4 is 59.0 Å². The number of ether oxygens (including phenoxy) is 3. The predicted octanol–water partition coefficient (Wildman–Crippen LogP) is 7.56. The summed E-state index contributed by atoms with van der Waals surface area (Å²) in [5, 5.41) is 0. The highest BCUT2D eigenvalue weighted by Gasteiger charge is 2.38. The fourth-order valence-electron chi connectivity index (χ4n) is 4.85. The van der Waals surface area contributed by atoms with Gasteiger partial charge in [0.05, 0.1) is 19.1 Å². The van der Waals surface area contributed by atoms with Gasteiger partial charge >= 0.3 is 5.97 Å². The van der Waals surface area contributed by atoms with E-state index in [0.717, 1.165) is 58.0 Å². The van der Waals surface area contributed by atoms with Gasteiger partial charge in [0.15, 0.2) is 0 Å². The molecule has 0 aliphatic heterocycles. The number of thioether (sulfide) groups is 3. The Morgan fingerprint density at radius 3 is 2.24 bits per heavy atom. The molecule has 6 nitrogen and oxygen atoms in total. The SMILES string of the molecule is COc1ccc(C)cc1C1=Cc2cc(OCCSCCSCCSCCOC(=O)C(C)(C)C(N)CC(C)(C)N)ccc2C=CC1. The Kier molecular flexibility index (Phi) is 15.2. The minimum Gasteiger partial charge on any atom is -0.496 e. The van der Waals surface area contributed by atoms with Gasteiger partial charge in [-0.15, -0.1) is 0 Å². The molecular weight excluding hydrogens is 621 g/mol. The molecule has 4 N–H and O–H groups in total. The number of esters is 1. The van der Waals surface area contributed by atoms with Crippen molar-refractivity contribution in [3.05, 3.63) is 64.7 Å². The van der Waals surface area contributed by atoms with E-state index in [-0.39, 0.29) is 12.0 Å². The first kappa shape index (κ1) is 37.4. The van der Waals surface area contributed by atoms with E-state index in [9.17, 15) is 4.79 Å². The summed E-state index contributed by atoms with van der Waals surface area (Å²) in [5.74, 6) is 7.65. The van der Waals surface area contributed by atoms with Crippen molar-refractivity contribution in [2.45, 2.75) is 59.0 Å². The van der Waals surface area contributed by atoms with E-state index in [0.29, 0.717) is 19.6 Å². The summed E-state index contributed by atoms with van der Waals surface area (Å²) in [4.78, 5) is 12.5. The van der Waals surface area contributed by atoms with Crippen LogP contribution in [0.25, 0.3) is 17.7 Å². The second-order valence-corrected chi connectivity index (χ2v) is 16.3. The van der Waals surface area contributed by atoms with Crippen molar-refractivity contribution in [2.24, 2.45) is 16.9 Å². The average molecular weight is 673 g/mol. The second kappa shape index (κ2) is 18.3. The Labute approximate surface area is 283 Å². The van der Waals surface area contributed by atoms with E-state index < -0.39 is 11.0 Å². The molecule has 248 valence electrons. The van der Waals surface area contributed by atoms with E-state index in [1.807, 2.05) is 69.0 Å². The number of rotatable bonds is 19. The number of hydrogen-bond acceptors (Lipinski definition) is 9. The number of hydrogen-bond donors (Lipinski definition) is 2. The average Bonchev–Trinajstić information content (AvgIpc) is 3.20. The van der Waals surface area contributed by atoms with Crippen LogP contribution in [0.3, 0.4) is 0 Å². The Hall–Kier alpha value is -2.04. The lowest BCUT2D eigenvalue weighted by molar-refractivity contribution is -0.154. The maximum atomic E-state index is 12.5. The summed E-state index contributed by atoms with van der Waals surface area (Å²) in [7, 11) is 1.73. The van der Waals surface area contributed by atoms with Crippen LogP contribution in [0.15, 0.2) is 42.5 Å². The second-order valence-electron chi connectivity index (χ2n) is 12.6. The van der Waals surface area contributed by atoms with E-state index in [2.05, 4.69) is 55.5 Å². The van der Waals surface area contributed by atoms with Crippen LogP contribution in [-0.2, 0) is 9.53 Å². The van der Waals surface area contributed by atoms with Crippen LogP contribution >= 0.6 is 35.3 Å². The highest BCUT2D eigenvalue weighted by Crippen LogP contribution is 2.35. The zero-order valence-electron chi connectivity index (χ0n) is 27.9. The number of allylic oxidation sites excluding steroid dienone is 2. The maximum absolute atomic E-state index is 12.5. The van der Waals surface area contributed by atoms with E-state index in [4.69, 9.17) is 25.7 Å². The quantitative estimate of drug-likeness (QED) is 0.116. The molecule has 9 heteroatoms. The third-order valence-corrected chi connectivity index (χ3v) is 11.0. The molecule has 1 unspecified atom stereocenters. The summed E-state index contributed by atoms with van der Waals surface area (Å²) in [6.45, 7) is 10.7. The molecule has 0 saturated heterocycles. The zero-order chi connectivity index (χ0) is 32.9. The van der Waals surface area contributed by atoms with Gasteiger partial charge in [0.2, 0.25) is 0 Å². The molecule has 0 bridgehead atoms. The third-order valence-electron chi connectivity index (χ3n) is 7.62. The molecular formula is C36H52N2O4S3. The van der Waals surface area contributed by atoms with Crippen molar-refractivity contribution < 1.29 is 19.0 Å². The molecule has 2 aromatic carbocycles. The van der Waals surface area contributed by atoms with Gasteiger partial charge in [-0.05, 0) is 94.5 Å². The number of carbonyl (C=O) groups excluding carboxylic acids is 1. The van der Waals surface area contributed by atoms with Crippen LogP contribution < -0.4 is 20.9 Å². The summed E-state index contributed by atoms with van der Waals surface area (Å²) in [5.41, 5.74) is 17.1. The van der Waals surface area contributed by atoms with Gasteiger partial charge in [0.25, 0.3) is 0 Å². The van der Waals surface area contributed by atoms with Crippen LogP contribution in [0.2, 0.25) is 0 Å². The van der Waals surface area contributed by atoms with Crippen molar-refractivity contribution in [3.63, 3.8) is 0 Å². The number of aryl methyl sites for hydroxylation is 1. The molecule has 2 aromatic rings. The number of fused-ring (bicyclic) bond motifs is 1. The number of benzene rings is 2. The highest BCUT2D eigenvalue weighted by molar-refractivity contribution is 8.04. The van der Waals surface area contributed by atoms with Crippen LogP contribution in [0.4, 0.5) is 0 Å². The molecule has 0 heterocycles. The fourth-order valence-corrected chi connectivity index (χ4v) is 7.75. The van der Waals surface area contributed by atoms with Gasteiger partial charge in [-0.25, -0.2) is 0 Å². The van der Waals surface area contributed by atoms with Crippen LogP contribution in [-0.4, -0.2) is 72.4 Å². The van der Waals surface area contributed by atoms with Gasteiger partial charge in [0, 0.05) is 51.7 Å². The summed E-state index contributed by atoms with van der Waals surface area (Å²) in [6, 6.07) is 12.3. The first-order valence-corrected chi connectivity index (χ1v) is 19.1. The lowest BCUT2D eigenvalue weighted by Gasteiger charge is -2.33. The zero-order valence-corrected chi connectivity index (χ0v) is 30.3. The topological polar surface area (TPSA) is 96.8 Å². The third kappa shape index (κ3) is 12.6. The lowest BCUT2D eigenvalue weighted by atomic mass is 9.79. The molecule has 0 saturated carbocycles. The maximum Gasteiger partial charge on any atom is 0.313 e. The van der Waals surface area contributed by atoms with Gasteiger partial charge in [-0.3, -0.25) is 4.79 Å². The first-order chi connectivity index (χ1) is 21.4. The monoisotopic (exact) mass is 672 g/mol. The minimum absolute atomic E-state index is 0.250. The lowest BCUT2D eigenvalue weighted by Crippen LogP contribution is -2.50. The minimum atomic E-state index is -0.754. The van der Waals surface area contributed by atoms with Crippen LogP contribution in [0, 0.1) is 12.3 Å². The Morgan fingerprint density at radius 1 is 0.911 bits per heavy atom. The number of methoxy groups -OCH3 is 1. The predicted molar refractivity (Wildman–Crippen MR) is 199 cm³/mol. The highest BCUT2D eigenvalue weighted by atomic mass is 32.2. The van der Waals surface area contributed by atoms with E-state index >= 15 is 0 Å². The molecule has 0 fully saturated rings. The number of nitrogens with two attached hydrogens (primary N) is 2. The van der Waals surface area contributed by atoms with Crippen molar-refractivity contribution in [1.82, 2.24) is 0 Å². The molecule has 0 radical (unpaired) electrons. The standard InChI is InChI=1S/C36H52N2O4S3/c1-26-10-13-32(40-6)31(22-26)28-9-7-8-27-11-12-30(24-29(27)23-28)41-14-16-43-18-20-45-21-19-44-17-15-42-34(39)36(4,5)33(37)25-35(2,3)38/h7-8,10-13,22-24,33H,9,14-21,25,37-38H2,1-6H3. The summed E-state index contributed by atoms with van der Waals surface area (Å²) < 4.78 is 17.3. The molecule has 0 amide bonds. The van der Waals surface area contributed by atoms with Crippen LogP contribution in [0.1, 0.15) is 62.8 Å². The molecule has 1 aliphatic carbocycles. The van der Waals surface area contributed by atoms with Gasteiger partial charge in [-0.1, -0.05) is 29.8 Å². The first-order valence-electron chi connectivity index (χ1n) is 15.6. The largest absolute Gasteiger partial charge is 0.496 e. The Bertz CT molecular complexity index is 1300. The van der Waals surface area contributed by atoms with Crippen molar-refractivity contribution in [2.75, 3.05) is 54.8 Å². The van der Waals surface area contributed by atoms with Crippen molar-refractivity contribution in [1.29, 1.82) is 0 Å². The Morgan fingerprint density at radius 2 is 1.58 bits per heavy atom. The van der Waals surface area contributed by atoms with Gasteiger partial charge in [-0.2, -0.15) is 35.3 Å². The van der Waals surface area contributed by atoms with Gasteiger partial charge in [0.1, 0.15) is 18.1 Å². The summed E-state index contributed by atoms with van der Waals surface area (Å²) >= 11 is 5.70. The van der Waals surface area contributed by atoms with Crippen molar-refractivity contribution in [3.8, 4) is 11.5 Å². The molecule has 0 spiro atoms. The smallest absolute Gasteiger partial charge is 0.313 e. The van der Waals surface area contributed by atoms with E-state index in [1.54, 1.807) is 7.11 Å². The Balaban J connectivity index is 1.27. The van der Waals surface area contributed by atoms with Gasteiger partial charge < -0.3 is 25.7 Å². The van der Waals surface area contributed by atoms with Crippen LogP contribution in [0.5, 0.6) is 11.5 Å². The van der Waals surface area contributed by atoms with E-state index in [1.165, 1.54) is 22.3 Å². The molecule has 45 heavy (non-hydrogen) atoms.